The molecule has 0 saturated heterocycles. The molecule has 0 heterocycles. The molecule has 1 unspecified atom stereocenters. The molecular weight excluding hydrogens is 498 g/mol. The van der Waals surface area contributed by atoms with Crippen molar-refractivity contribution in [1.82, 2.24) is 5.32 Å². The van der Waals surface area contributed by atoms with E-state index in [1.165, 1.54) is 148 Å². The molecular formula is C35H71NO4. The Morgan fingerprint density at radius 3 is 1.32 bits per heavy atom. The van der Waals surface area contributed by atoms with E-state index in [0.29, 0.717) is 26.4 Å². The Hall–Kier alpha value is -0.810. The molecule has 0 saturated carbocycles. The third kappa shape index (κ3) is 31.7. The van der Waals surface area contributed by atoms with Gasteiger partial charge >= 0.3 is 6.09 Å². The normalized spacial score (nSPS) is 12.1. The number of amides is 1. The highest BCUT2D eigenvalue weighted by molar-refractivity contribution is 5.67. The Balaban J connectivity index is 4.02. The van der Waals surface area contributed by atoms with Gasteiger partial charge in [0.15, 0.2) is 0 Å². The minimum atomic E-state index is -0.260. The van der Waals surface area contributed by atoms with Gasteiger partial charge in [-0.15, -0.1) is 0 Å². The van der Waals surface area contributed by atoms with Gasteiger partial charge in [0.2, 0.25) is 0 Å². The minimum absolute atomic E-state index is 0.0552. The number of unbranched alkanes of at least 4 members (excludes halogenated alkanes) is 21. The van der Waals surface area contributed by atoms with Gasteiger partial charge in [-0.2, -0.15) is 0 Å². The Morgan fingerprint density at radius 2 is 0.925 bits per heavy atom. The van der Waals surface area contributed by atoms with Crippen LogP contribution in [0.3, 0.4) is 0 Å². The SMILES string of the molecule is CCCCCCCCCCCCCCC(CCCCCCCCCCCCC)OC(=O)NCCCOCCOC. The summed E-state index contributed by atoms with van der Waals surface area (Å²) in [5, 5.41) is 2.92. The number of nitrogens with one attached hydrogen (secondary N) is 1. The van der Waals surface area contributed by atoms with Crippen LogP contribution in [0.1, 0.15) is 181 Å². The summed E-state index contributed by atoms with van der Waals surface area (Å²) in [6.07, 6.45) is 33.7. The van der Waals surface area contributed by atoms with Gasteiger partial charge in [-0.25, -0.2) is 4.79 Å². The van der Waals surface area contributed by atoms with Gasteiger partial charge < -0.3 is 19.5 Å². The first kappa shape index (κ1) is 39.2. The van der Waals surface area contributed by atoms with E-state index in [0.717, 1.165) is 19.3 Å². The molecule has 5 nitrogen and oxygen atoms in total. The first-order chi connectivity index (χ1) is 19.7. The number of alkyl carbamates (subject to hydrolysis) is 1. The lowest BCUT2D eigenvalue weighted by Gasteiger charge is -2.18. The number of ether oxygens (including phenoxy) is 3. The quantitative estimate of drug-likeness (QED) is 0.0799. The molecule has 0 aliphatic heterocycles. The van der Waals surface area contributed by atoms with Crippen LogP contribution in [-0.4, -0.2) is 45.7 Å². The Morgan fingerprint density at radius 1 is 0.525 bits per heavy atom. The van der Waals surface area contributed by atoms with Gasteiger partial charge in [-0.05, 0) is 32.1 Å². The molecule has 1 N–H and O–H groups in total. The predicted octanol–water partition coefficient (Wildman–Crippen LogP) is 10.9. The van der Waals surface area contributed by atoms with E-state index in [1.807, 2.05) is 0 Å². The summed E-state index contributed by atoms with van der Waals surface area (Å²) in [5.41, 5.74) is 0. The molecule has 0 aliphatic carbocycles. The molecule has 0 radical (unpaired) electrons. The van der Waals surface area contributed by atoms with Crippen LogP contribution in [0.4, 0.5) is 4.79 Å². The van der Waals surface area contributed by atoms with Crippen molar-refractivity contribution in [3.05, 3.63) is 0 Å². The largest absolute Gasteiger partial charge is 0.446 e. The molecule has 0 aliphatic rings. The number of hydrogen-bond donors (Lipinski definition) is 1. The highest BCUT2D eigenvalue weighted by Gasteiger charge is 2.14. The lowest BCUT2D eigenvalue weighted by molar-refractivity contribution is 0.0670. The number of methoxy groups -OCH3 is 1. The fraction of sp³-hybridized carbons (Fsp3) is 0.971. The number of rotatable bonds is 33. The van der Waals surface area contributed by atoms with E-state index in [9.17, 15) is 4.79 Å². The second kappa shape index (κ2) is 34.4. The van der Waals surface area contributed by atoms with Crippen molar-refractivity contribution in [1.29, 1.82) is 0 Å². The minimum Gasteiger partial charge on any atom is -0.446 e. The topological polar surface area (TPSA) is 56.8 Å². The maximum atomic E-state index is 12.4. The van der Waals surface area contributed by atoms with E-state index < -0.39 is 0 Å². The van der Waals surface area contributed by atoms with Crippen molar-refractivity contribution < 1.29 is 19.0 Å². The number of carbonyl (C=O) groups is 1. The summed E-state index contributed by atoms with van der Waals surface area (Å²) >= 11 is 0. The lowest BCUT2D eigenvalue weighted by atomic mass is 10.0. The zero-order valence-corrected chi connectivity index (χ0v) is 27.4. The third-order valence-corrected chi connectivity index (χ3v) is 7.95. The van der Waals surface area contributed by atoms with E-state index in [-0.39, 0.29) is 12.2 Å². The van der Waals surface area contributed by atoms with E-state index >= 15 is 0 Å². The van der Waals surface area contributed by atoms with E-state index in [1.54, 1.807) is 7.11 Å². The number of hydrogen-bond acceptors (Lipinski definition) is 4. The van der Waals surface area contributed by atoms with Crippen LogP contribution in [-0.2, 0) is 14.2 Å². The van der Waals surface area contributed by atoms with Crippen molar-refractivity contribution in [3.63, 3.8) is 0 Å². The molecule has 0 aromatic heterocycles. The molecule has 0 bridgehead atoms. The van der Waals surface area contributed by atoms with E-state index in [4.69, 9.17) is 14.2 Å². The Bertz CT molecular complexity index is 488. The van der Waals surface area contributed by atoms with Crippen LogP contribution >= 0.6 is 0 Å². The van der Waals surface area contributed by atoms with Crippen LogP contribution < -0.4 is 5.32 Å². The summed E-state index contributed by atoms with van der Waals surface area (Å²) in [4.78, 5) is 12.4. The van der Waals surface area contributed by atoms with Crippen LogP contribution in [0.25, 0.3) is 0 Å². The van der Waals surface area contributed by atoms with Crippen LogP contribution in [0.2, 0.25) is 0 Å². The van der Waals surface area contributed by atoms with Crippen molar-refractivity contribution in [2.75, 3.05) is 33.5 Å². The van der Waals surface area contributed by atoms with E-state index in [2.05, 4.69) is 19.2 Å². The zero-order valence-electron chi connectivity index (χ0n) is 27.4. The van der Waals surface area contributed by atoms with Crippen molar-refractivity contribution in [3.8, 4) is 0 Å². The predicted molar refractivity (Wildman–Crippen MR) is 172 cm³/mol. The summed E-state index contributed by atoms with van der Waals surface area (Å²) in [6.45, 7) is 6.99. The fourth-order valence-corrected chi connectivity index (χ4v) is 5.31. The Labute approximate surface area is 250 Å². The molecule has 40 heavy (non-hydrogen) atoms. The number of carbonyl (C=O) groups excluding carboxylic acids is 1. The van der Waals surface area contributed by atoms with Gasteiger partial charge in [0, 0.05) is 20.3 Å². The molecule has 5 heteroatoms. The first-order valence-corrected chi connectivity index (χ1v) is 17.8. The average molecular weight is 570 g/mol. The lowest BCUT2D eigenvalue weighted by Crippen LogP contribution is -2.30. The summed E-state index contributed by atoms with van der Waals surface area (Å²) < 4.78 is 16.3. The van der Waals surface area contributed by atoms with Crippen LogP contribution in [0.5, 0.6) is 0 Å². The van der Waals surface area contributed by atoms with Gasteiger partial charge in [0.05, 0.1) is 13.2 Å². The first-order valence-electron chi connectivity index (χ1n) is 17.8. The molecule has 1 amide bonds. The van der Waals surface area contributed by atoms with Crippen LogP contribution in [0.15, 0.2) is 0 Å². The Kier molecular flexibility index (Phi) is 33.7. The maximum absolute atomic E-state index is 12.4. The summed E-state index contributed by atoms with van der Waals surface area (Å²) in [7, 11) is 1.67. The maximum Gasteiger partial charge on any atom is 0.407 e. The molecule has 0 aromatic carbocycles. The van der Waals surface area contributed by atoms with Gasteiger partial charge in [-0.3, -0.25) is 0 Å². The molecule has 0 fully saturated rings. The monoisotopic (exact) mass is 570 g/mol. The molecule has 0 rings (SSSR count). The van der Waals surface area contributed by atoms with Crippen molar-refractivity contribution in [2.45, 2.75) is 187 Å². The molecule has 0 spiro atoms. The smallest absolute Gasteiger partial charge is 0.407 e. The van der Waals surface area contributed by atoms with Crippen molar-refractivity contribution in [2.24, 2.45) is 0 Å². The van der Waals surface area contributed by atoms with Gasteiger partial charge in [-0.1, -0.05) is 149 Å². The summed E-state index contributed by atoms with van der Waals surface area (Å²) in [6, 6.07) is 0. The molecule has 240 valence electrons. The standard InChI is InChI=1S/C35H71NO4/c1-4-6-8-10-12-14-16-18-20-22-24-26-29-34(40-35(37)36-30-27-31-39-33-32-38-3)28-25-23-21-19-17-15-13-11-9-7-5-2/h34H,4-33H2,1-3H3,(H,36,37). The molecule has 0 aromatic rings. The van der Waals surface area contributed by atoms with Crippen LogP contribution in [0, 0.1) is 0 Å². The second-order valence-corrected chi connectivity index (χ2v) is 11.9. The fourth-order valence-electron chi connectivity index (χ4n) is 5.31. The van der Waals surface area contributed by atoms with Gasteiger partial charge in [0.1, 0.15) is 6.10 Å². The third-order valence-electron chi connectivity index (χ3n) is 7.95. The summed E-state index contributed by atoms with van der Waals surface area (Å²) in [5.74, 6) is 0. The highest BCUT2D eigenvalue weighted by atomic mass is 16.6. The van der Waals surface area contributed by atoms with Crippen molar-refractivity contribution >= 4 is 6.09 Å². The average Bonchev–Trinajstić information content (AvgIpc) is 2.95. The zero-order chi connectivity index (χ0) is 29.2. The second-order valence-electron chi connectivity index (χ2n) is 11.9. The van der Waals surface area contributed by atoms with Gasteiger partial charge in [0.25, 0.3) is 0 Å². The molecule has 1 atom stereocenters. The highest BCUT2D eigenvalue weighted by Crippen LogP contribution is 2.18.